The van der Waals surface area contributed by atoms with Gasteiger partial charge in [0.15, 0.2) is 5.76 Å². The van der Waals surface area contributed by atoms with Crippen LogP contribution >= 0.6 is 0 Å². The molecule has 184 valence electrons. The number of furan rings is 1. The first-order valence-corrected chi connectivity index (χ1v) is 14.0. The second-order valence-electron chi connectivity index (χ2n) is 8.53. The quantitative estimate of drug-likeness (QED) is 0.244. The summed E-state index contributed by atoms with van der Waals surface area (Å²) in [7, 11) is -3.81. The van der Waals surface area contributed by atoms with E-state index in [1.165, 1.54) is 70.3 Å². The van der Waals surface area contributed by atoms with Crippen molar-refractivity contribution in [3.05, 3.63) is 53.8 Å². The number of hydrogen-bond donors (Lipinski definition) is 1. The van der Waals surface area contributed by atoms with E-state index >= 15 is 0 Å². The normalized spacial score (nSPS) is 11.4. The second-order valence-corrected chi connectivity index (χ2v) is 10.3. The molecule has 1 aromatic carbocycles. The molecule has 6 nitrogen and oxygen atoms in total. The first kappa shape index (κ1) is 27.0. The van der Waals surface area contributed by atoms with Gasteiger partial charge in [-0.15, -0.1) is 0 Å². The minimum atomic E-state index is -3.81. The smallest absolute Gasteiger partial charge is 0.300 e. The Morgan fingerprint density at radius 3 is 2.00 bits per heavy atom. The van der Waals surface area contributed by atoms with Crippen LogP contribution in [0.5, 0.6) is 5.95 Å². The molecule has 0 bridgehead atoms. The molecule has 0 fully saturated rings. The molecular formula is C26H39NO5S. The van der Waals surface area contributed by atoms with E-state index in [0.717, 1.165) is 12.8 Å². The molecule has 33 heavy (non-hydrogen) atoms. The third kappa shape index (κ3) is 11.9. The molecule has 2 rings (SSSR count). The Bertz CT molecular complexity index is 892. The molecule has 1 aromatic heterocycles. The summed E-state index contributed by atoms with van der Waals surface area (Å²) < 4.78 is 37.3. The number of benzene rings is 1. The van der Waals surface area contributed by atoms with E-state index in [4.69, 9.17) is 9.15 Å². The summed E-state index contributed by atoms with van der Waals surface area (Å²) in [5.41, 5.74) is 0.601. The average Bonchev–Trinajstić information content (AvgIpc) is 3.26. The predicted molar refractivity (Wildman–Crippen MR) is 132 cm³/mol. The van der Waals surface area contributed by atoms with Gasteiger partial charge in [-0.2, -0.15) is 0 Å². The standard InChI is InChI=1S/C26H39NO5S/c1-2-3-4-5-6-7-8-9-10-11-12-16-21-31-25-20-19-24(32-25)26(28)27-33(29,30)22-23-17-14-13-15-18-23/h13-15,17-20H,2-12,16,21-22H2,1H3,(H,27,28). The minimum Gasteiger partial charge on any atom is -0.465 e. The van der Waals surface area contributed by atoms with Crippen LogP contribution in [-0.4, -0.2) is 20.9 Å². The number of hydrogen-bond acceptors (Lipinski definition) is 5. The van der Waals surface area contributed by atoms with Crippen molar-refractivity contribution in [1.82, 2.24) is 4.72 Å². The number of amides is 1. The van der Waals surface area contributed by atoms with Crippen LogP contribution in [0.1, 0.15) is 100 Å². The van der Waals surface area contributed by atoms with Crippen LogP contribution in [0.15, 0.2) is 46.9 Å². The first-order valence-electron chi connectivity index (χ1n) is 12.3. The zero-order chi connectivity index (χ0) is 23.8. The number of carbonyl (C=O) groups is 1. The van der Waals surface area contributed by atoms with Crippen molar-refractivity contribution in [2.45, 2.75) is 89.7 Å². The monoisotopic (exact) mass is 477 g/mol. The van der Waals surface area contributed by atoms with E-state index in [2.05, 4.69) is 6.92 Å². The molecule has 0 saturated heterocycles. The average molecular weight is 478 g/mol. The van der Waals surface area contributed by atoms with Gasteiger partial charge in [-0.05, 0) is 18.1 Å². The third-order valence-corrected chi connectivity index (χ3v) is 6.70. The van der Waals surface area contributed by atoms with Gasteiger partial charge in [0.05, 0.1) is 12.4 Å². The highest BCUT2D eigenvalue weighted by atomic mass is 32.2. The van der Waals surface area contributed by atoms with Gasteiger partial charge in [-0.1, -0.05) is 108 Å². The SMILES string of the molecule is CCCCCCCCCCCCCCOc1ccc(C(=O)NS(=O)(=O)Cc2ccccc2)o1. The van der Waals surface area contributed by atoms with E-state index in [9.17, 15) is 13.2 Å². The van der Waals surface area contributed by atoms with Gasteiger partial charge in [0.25, 0.3) is 5.95 Å². The molecule has 0 aliphatic heterocycles. The van der Waals surface area contributed by atoms with E-state index in [-0.39, 0.29) is 17.5 Å². The molecule has 0 saturated carbocycles. The van der Waals surface area contributed by atoms with Gasteiger partial charge < -0.3 is 9.15 Å². The Morgan fingerprint density at radius 2 is 1.39 bits per heavy atom. The van der Waals surface area contributed by atoms with Crippen molar-refractivity contribution < 1.29 is 22.4 Å². The predicted octanol–water partition coefficient (Wildman–Crippen LogP) is 6.62. The molecule has 0 unspecified atom stereocenters. The molecule has 0 radical (unpaired) electrons. The summed E-state index contributed by atoms with van der Waals surface area (Å²) in [6.07, 6.45) is 15.3. The molecule has 2 aromatic rings. The fourth-order valence-electron chi connectivity index (χ4n) is 3.66. The number of rotatable bonds is 18. The highest BCUT2D eigenvalue weighted by Crippen LogP contribution is 2.17. The van der Waals surface area contributed by atoms with E-state index in [0.29, 0.717) is 12.2 Å². The molecule has 7 heteroatoms. The summed E-state index contributed by atoms with van der Waals surface area (Å²) in [5, 5.41) is 0. The maximum atomic E-state index is 12.2. The van der Waals surface area contributed by atoms with Crippen LogP contribution in [0.25, 0.3) is 0 Å². The fourth-order valence-corrected chi connectivity index (χ4v) is 4.74. The highest BCUT2D eigenvalue weighted by molar-refractivity contribution is 7.89. The summed E-state index contributed by atoms with van der Waals surface area (Å²) >= 11 is 0. The molecule has 1 amide bonds. The van der Waals surface area contributed by atoms with E-state index in [1.807, 2.05) is 4.72 Å². The van der Waals surface area contributed by atoms with Crippen molar-refractivity contribution in [2.24, 2.45) is 0 Å². The molecule has 1 N–H and O–H groups in total. The van der Waals surface area contributed by atoms with Gasteiger partial charge in [-0.3, -0.25) is 4.79 Å². The van der Waals surface area contributed by atoms with Crippen LogP contribution in [0, 0.1) is 0 Å². The van der Waals surface area contributed by atoms with Crippen LogP contribution in [-0.2, 0) is 15.8 Å². The Labute approximate surface area is 199 Å². The Hall–Kier alpha value is -2.28. The minimum absolute atomic E-state index is 0.0867. The van der Waals surface area contributed by atoms with E-state index in [1.54, 1.807) is 36.4 Å². The zero-order valence-corrected chi connectivity index (χ0v) is 20.7. The number of unbranched alkanes of at least 4 members (excludes halogenated alkanes) is 11. The van der Waals surface area contributed by atoms with E-state index < -0.39 is 15.9 Å². The molecule has 0 aliphatic carbocycles. The van der Waals surface area contributed by atoms with Gasteiger partial charge in [0.1, 0.15) is 0 Å². The van der Waals surface area contributed by atoms with Gasteiger partial charge >= 0.3 is 5.91 Å². The first-order chi connectivity index (χ1) is 16.0. The van der Waals surface area contributed by atoms with Crippen LogP contribution in [0.2, 0.25) is 0 Å². The summed E-state index contributed by atoms with van der Waals surface area (Å²) in [6, 6.07) is 11.6. The van der Waals surface area contributed by atoms with Crippen molar-refractivity contribution in [2.75, 3.05) is 6.61 Å². The fraction of sp³-hybridized carbons (Fsp3) is 0.577. The lowest BCUT2D eigenvalue weighted by molar-refractivity contribution is 0.0945. The van der Waals surface area contributed by atoms with Crippen LogP contribution < -0.4 is 9.46 Å². The number of ether oxygens (including phenoxy) is 1. The maximum absolute atomic E-state index is 12.2. The third-order valence-electron chi connectivity index (χ3n) is 5.50. The lowest BCUT2D eigenvalue weighted by Gasteiger charge is -2.06. The molecule has 0 spiro atoms. The van der Waals surface area contributed by atoms with Crippen molar-refractivity contribution in [3.63, 3.8) is 0 Å². The summed E-state index contributed by atoms with van der Waals surface area (Å²) in [6.45, 7) is 2.76. The Morgan fingerprint density at radius 1 is 0.818 bits per heavy atom. The Balaban J connectivity index is 1.55. The summed E-state index contributed by atoms with van der Waals surface area (Å²) in [4.78, 5) is 12.2. The highest BCUT2D eigenvalue weighted by Gasteiger charge is 2.19. The molecule has 0 atom stereocenters. The van der Waals surface area contributed by atoms with Crippen molar-refractivity contribution in [1.29, 1.82) is 0 Å². The maximum Gasteiger partial charge on any atom is 0.300 e. The van der Waals surface area contributed by atoms with Gasteiger partial charge in [-0.25, -0.2) is 13.1 Å². The van der Waals surface area contributed by atoms with Gasteiger partial charge in [0, 0.05) is 6.07 Å². The zero-order valence-electron chi connectivity index (χ0n) is 19.9. The van der Waals surface area contributed by atoms with Crippen molar-refractivity contribution >= 4 is 15.9 Å². The second kappa shape index (κ2) is 15.5. The largest absolute Gasteiger partial charge is 0.465 e. The topological polar surface area (TPSA) is 85.6 Å². The number of sulfonamides is 1. The van der Waals surface area contributed by atoms with Crippen LogP contribution in [0.4, 0.5) is 0 Å². The Kier molecular flexibility index (Phi) is 12.7. The molecular weight excluding hydrogens is 438 g/mol. The molecule has 0 aliphatic rings. The number of nitrogens with one attached hydrogen (secondary N) is 1. The van der Waals surface area contributed by atoms with Gasteiger partial charge in [0.2, 0.25) is 10.0 Å². The van der Waals surface area contributed by atoms with Crippen molar-refractivity contribution in [3.8, 4) is 5.95 Å². The van der Waals surface area contributed by atoms with Crippen LogP contribution in [0.3, 0.4) is 0 Å². The lowest BCUT2D eigenvalue weighted by Crippen LogP contribution is -2.31. The molecule has 1 heterocycles. The lowest BCUT2D eigenvalue weighted by atomic mass is 10.1. The number of carbonyl (C=O) groups excluding carboxylic acids is 1. The summed E-state index contributed by atoms with van der Waals surface area (Å²) in [5.74, 6) is -0.936.